The van der Waals surface area contributed by atoms with Gasteiger partial charge >= 0.3 is 12.1 Å². The third-order valence-electron chi connectivity index (χ3n) is 7.54. The SMILES string of the molecule is CC(C)(C)OC(=O)N1Cc2nc(OC[C@]3(COCc4ccccc4)CC3(F)F)nc(N3CCC[C@@](C)(O)C3)c2C1. The van der Waals surface area contributed by atoms with Crippen LogP contribution in [-0.2, 0) is 29.2 Å². The lowest BCUT2D eigenvalue weighted by atomic mass is 9.95. The molecule has 1 saturated heterocycles. The van der Waals surface area contributed by atoms with Crippen molar-refractivity contribution in [3.05, 3.63) is 47.2 Å². The summed E-state index contributed by atoms with van der Waals surface area (Å²) in [7, 11) is 0. The largest absolute Gasteiger partial charge is 0.462 e. The minimum Gasteiger partial charge on any atom is -0.462 e. The van der Waals surface area contributed by atoms with Crippen LogP contribution >= 0.6 is 0 Å². The zero-order valence-corrected chi connectivity index (χ0v) is 23.6. The van der Waals surface area contributed by atoms with Crippen molar-refractivity contribution in [3.63, 3.8) is 0 Å². The van der Waals surface area contributed by atoms with E-state index in [1.165, 1.54) is 4.90 Å². The fourth-order valence-corrected chi connectivity index (χ4v) is 5.27. The number of halogens is 2. The third-order valence-corrected chi connectivity index (χ3v) is 7.54. The maximum absolute atomic E-state index is 14.5. The summed E-state index contributed by atoms with van der Waals surface area (Å²) >= 11 is 0. The van der Waals surface area contributed by atoms with E-state index in [-0.39, 0.29) is 45.3 Å². The minimum absolute atomic E-state index is 0.0323. The Labute approximate surface area is 233 Å². The number of aliphatic hydroxyl groups is 1. The lowest BCUT2D eigenvalue weighted by Gasteiger charge is -2.38. The van der Waals surface area contributed by atoms with Gasteiger partial charge in [-0.3, -0.25) is 4.90 Å². The van der Waals surface area contributed by atoms with Crippen LogP contribution in [0.25, 0.3) is 0 Å². The Hall–Kier alpha value is -3.05. The molecule has 3 heterocycles. The van der Waals surface area contributed by atoms with Crippen LogP contribution in [0.4, 0.5) is 19.4 Å². The Kier molecular flexibility index (Phi) is 7.41. The molecule has 5 rings (SSSR count). The van der Waals surface area contributed by atoms with Crippen molar-refractivity contribution >= 4 is 11.9 Å². The highest BCUT2D eigenvalue weighted by Gasteiger charge is 2.72. The minimum atomic E-state index is -2.91. The standard InChI is InChI=1S/C29H38F2N4O5/c1-26(2,3)40-25(36)35-13-21-22(14-35)32-24(33-23(21)34-12-8-11-27(4,37)17-34)39-19-28(16-29(28,30)31)18-38-15-20-9-6-5-7-10-20/h5-7,9-10,37H,8,11-19H2,1-4H3/t27-,28-/m1/s1. The van der Waals surface area contributed by atoms with Crippen molar-refractivity contribution in [1.82, 2.24) is 14.9 Å². The maximum Gasteiger partial charge on any atom is 0.410 e. The summed E-state index contributed by atoms with van der Waals surface area (Å²) in [5.41, 5.74) is -0.798. The number of aromatic nitrogens is 2. The van der Waals surface area contributed by atoms with E-state index in [1.807, 2.05) is 35.2 Å². The van der Waals surface area contributed by atoms with Crippen LogP contribution in [0, 0.1) is 5.41 Å². The molecule has 218 valence electrons. The second kappa shape index (κ2) is 10.4. The average Bonchev–Trinajstić information content (AvgIpc) is 3.18. The van der Waals surface area contributed by atoms with Crippen molar-refractivity contribution in [1.29, 1.82) is 0 Å². The Morgan fingerprint density at radius 2 is 1.85 bits per heavy atom. The van der Waals surface area contributed by atoms with Gasteiger partial charge in [0, 0.05) is 25.1 Å². The van der Waals surface area contributed by atoms with Gasteiger partial charge in [-0.1, -0.05) is 30.3 Å². The molecule has 40 heavy (non-hydrogen) atoms. The number of hydrogen-bond donors (Lipinski definition) is 1. The number of rotatable bonds is 8. The van der Waals surface area contributed by atoms with Crippen LogP contribution in [0.5, 0.6) is 6.01 Å². The number of piperidine rings is 1. The summed E-state index contributed by atoms with van der Waals surface area (Å²) in [5.74, 6) is -2.37. The van der Waals surface area contributed by atoms with Gasteiger partial charge in [0.25, 0.3) is 5.92 Å². The Morgan fingerprint density at radius 1 is 1.12 bits per heavy atom. The van der Waals surface area contributed by atoms with E-state index in [2.05, 4.69) is 9.97 Å². The molecule has 1 aliphatic carbocycles. The summed E-state index contributed by atoms with van der Waals surface area (Å²) < 4.78 is 46.1. The number of amides is 1. The lowest BCUT2D eigenvalue weighted by molar-refractivity contribution is -0.0174. The first-order chi connectivity index (χ1) is 18.8. The quantitative estimate of drug-likeness (QED) is 0.496. The fourth-order valence-electron chi connectivity index (χ4n) is 5.27. The molecule has 9 nitrogen and oxygen atoms in total. The molecule has 0 unspecified atom stereocenters. The maximum atomic E-state index is 14.5. The van der Waals surface area contributed by atoms with E-state index in [0.29, 0.717) is 31.0 Å². The van der Waals surface area contributed by atoms with Gasteiger partial charge in [0.1, 0.15) is 18.0 Å². The van der Waals surface area contributed by atoms with Gasteiger partial charge in [-0.25, -0.2) is 13.6 Å². The molecule has 1 N–H and O–H groups in total. The molecular weight excluding hydrogens is 522 g/mol. The first-order valence-electron chi connectivity index (χ1n) is 13.7. The lowest BCUT2D eigenvalue weighted by Crippen LogP contribution is -2.47. The predicted molar refractivity (Wildman–Crippen MR) is 143 cm³/mol. The summed E-state index contributed by atoms with van der Waals surface area (Å²) in [6.45, 7) is 8.37. The van der Waals surface area contributed by atoms with Gasteiger partial charge in [-0.2, -0.15) is 9.97 Å². The Morgan fingerprint density at radius 3 is 2.50 bits per heavy atom. The number of β-amino-alcohol motifs (C(OH)–C–C–N with tert-alkyl or cyclic N) is 1. The van der Waals surface area contributed by atoms with Crippen LogP contribution in [0.3, 0.4) is 0 Å². The molecular formula is C29H38F2N4O5. The van der Waals surface area contributed by atoms with Crippen LogP contribution in [0.15, 0.2) is 30.3 Å². The highest BCUT2D eigenvalue weighted by Crippen LogP contribution is 2.60. The van der Waals surface area contributed by atoms with Crippen molar-refractivity contribution in [3.8, 4) is 6.01 Å². The first kappa shape index (κ1) is 28.5. The monoisotopic (exact) mass is 560 g/mol. The molecule has 0 bridgehead atoms. The van der Waals surface area contributed by atoms with E-state index in [0.717, 1.165) is 17.5 Å². The molecule has 2 atom stereocenters. The number of hydrogen-bond acceptors (Lipinski definition) is 8. The highest BCUT2D eigenvalue weighted by atomic mass is 19.3. The number of carbonyl (C=O) groups is 1. The van der Waals surface area contributed by atoms with Crippen LogP contribution in [-0.4, -0.2) is 69.5 Å². The summed E-state index contributed by atoms with van der Waals surface area (Å²) in [6, 6.07) is 9.36. The first-order valence-corrected chi connectivity index (χ1v) is 13.7. The number of carbonyl (C=O) groups excluding carboxylic acids is 1. The molecule has 1 aromatic heterocycles. The summed E-state index contributed by atoms with van der Waals surface area (Å²) in [5, 5.41) is 10.7. The number of ether oxygens (including phenoxy) is 3. The van der Waals surface area contributed by atoms with Gasteiger partial charge in [0.2, 0.25) is 0 Å². The van der Waals surface area contributed by atoms with Gasteiger partial charge in [-0.05, 0) is 46.1 Å². The predicted octanol–water partition coefficient (Wildman–Crippen LogP) is 4.70. The zero-order chi connectivity index (χ0) is 28.8. The van der Waals surface area contributed by atoms with Gasteiger partial charge in [-0.15, -0.1) is 0 Å². The number of benzene rings is 1. The van der Waals surface area contributed by atoms with E-state index in [1.54, 1.807) is 27.7 Å². The normalized spacial score (nSPS) is 25.5. The highest BCUT2D eigenvalue weighted by molar-refractivity contribution is 5.70. The smallest absolute Gasteiger partial charge is 0.410 e. The molecule has 3 aliphatic rings. The van der Waals surface area contributed by atoms with Crippen molar-refractivity contribution in [2.45, 2.75) is 83.8 Å². The molecule has 0 radical (unpaired) electrons. The van der Waals surface area contributed by atoms with Crippen LogP contribution in [0.2, 0.25) is 0 Å². The van der Waals surface area contributed by atoms with Crippen LogP contribution in [0.1, 0.15) is 63.8 Å². The van der Waals surface area contributed by atoms with Gasteiger partial charge < -0.3 is 24.2 Å². The molecule has 1 saturated carbocycles. The number of fused-ring (bicyclic) bond motifs is 1. The van der Waals surface area contributed by atoms with Crippen molar-refractivity contribution in [2.24, 2.45) is 5.41 Å². The van der Waals surface area contributed by atoms with Crippen molar-refractivity contribution < 1.29 is 32.9 Å². The topological polar surface area (TPSA) is 97.2 Å². The van der Waals surface area contributed by atoms with E-state index >= 15 is 0 Å². The van der Waals surface area contributed by atoms with Crippen molar-refractivity contribution in [2.75, 3.05) is 31.2 Å². The average molecular weight is 561 g/mol. The van der Waals surface area contributed by atoms with Gasteiger partial charge in [0.05, 0.1) is 43.0 Å². The number of nitrogens with zero attached hydrogens (tertiary/aromatic N) is 4. The molecule has 2 aromatic rings. The Balaban J connectivity index is 1.34. The molecule has 1 amide bonds. The van der Waals surface area contributed by atoms with E-state index < -0.39 is 28.6 Å². The molecule has 1 aromatic carbocycles. The third kappa shape index (κ3) is 6.30. The fraction of sp³-hybridized carbons (Fsp3) is 0.621. The zero-order valence-electron chi connectivity index (χ0n) is 23.6. The van der Waals surface area contributed by atoms with E-state index in [9.17, 15) is 18.7 Å². The van der Waals surface area contributed by atoms with E-state index in [4.69, 9.17) is 14.2 Å². The second-order valence-corrected chi connectivity index (χ2v) is 12.5. The molecule has 0 spiro atoms. The number of alkyl halides is 2. The molecule has 11 heteroatoms. The molecule has 2 fully saturated rings. The molecule has 2 aliphatic heterocycles. The second-order valence-electron chi connectivity index (χ2n) is 12.5. The van der Waals surface area contributed by atoms with Crippen LogP contribution < -0.4 is 9.64 Å². The number of anilines is 1. The summed E-state index contributed by atoms with van der Waals surface area (Å²) in [4.78, 5) is 25.5. The van der Waals surface area contributed by atoms with Gasteiger partial charge in [0.15, 0.2) is 0 Å². The summed E-state index contributed by atoms with van der Waals surface area (Å²) in [6.07, 6.45) is 0.599. The Bertz CT molecular complexity index is 1240.